The third-order valence-electron chi connectivity index (χ3n) is 4.59. The Morgan fingerprint density at radius 1 is 1.22 bits per heavy atom. The van der Waals surface area contributed by atoms with Gasteiger partial charge in [-0.2, -0.15) is 12.6 Å². The van der Waals surface area contributed by atoms with Crippen molar-refractivity contribution in [1.29, 1.82) is 0 Å². The Morgan fingerprint density at radius 2 is 2.00 bits per heavy atom. The van der Waals surface area contributed by atoms with Crippen molar-refractivity contribution in [2.24, 2.45) is 0 Å². The van der Waals surface area contributed by atoms with E-state index in [1.54, 1.807) is 18.2 Å². The van der Waals surface area contributed by atoms with Gasteiger partial charge in [0.25, 0.3) is 0 Å². The molecule has 32 heavy (non-hydrogen) atoms. The number of rotatable bonds is 9. The van der Waals surface area contributed by atoms with Crippen molar-refractivity contribution in [3.05, 3.63) is 47.8 Å². The fraction of sp³-hybridized carbons (Fsp3) is 0.333. The van der Waals surface area contributed by atoms with Gasteiger partial charge in [0.05, 0.1) is 12.4 Å². The lowest BCUT2D eigenvalue weighted by atomic mass is 10.0. The fourth-order valence-corrected chi connectivity index (χ4v) is 3.11. The number of benzene rings is 2. The van der Waals surface area contributed by atoms with Gasteiger partial charge in [-0.3, -0.25) is 10.1 Å². The molecular weight excluding hydrogens is 445 g/mol. The smallest absolute Gasteiger partial charge is 0.412 e. The van der Waals surface area contributed by atoms with E-state index in [1.807, 2.05) is 0 Å². The summed E-state index contributed by atoms with van der Waals surface area (Å²) in [6, 6.07) is 8.41. The maximum absolute atomic E-state index is 14.0. The molecule has 0 aliphatic carbocycles. The number of esters is 1. The molecule has 2 N–H and O–H groups in total. The lowest BCUT2D eigenvalue weighted by Crippen LogP contribution is -2.29. The largest absolute Gasteiger partial charge is 0.505 e. The summed E-state index contributed by atoms with van der Waals surface area (Å²) >= 11 is 3.83. The third-order valence-corrected chi connectivity index (χ3v) is 4.85. The van der Waals surface area contributed by atoms with Crippen LogP contribution in [0.15, 0.2) is 36.4 Å². The van der Waals surface area contributed by atoms with Crippen molar-refractivity contribution in [3.8, 4) is 17.2 Å². The Balaban J connectivity index is 1.75. The van der Waals surface area contributed by atoms with Crippen molar-refractivity contribution >= 4 is 30.4 Å². The first kappa shape index (κ1) is 23.5. The molecule has 3 rings (SSSR count). The summed E-state index contributed by atoms with van der Waals surface area (Å²) in [6.45, 7) is 0.0626. The number of methoxy groups -OCH3 is 1. The average molecular weight is 467 g/mol. The van der Waals surface area contributed by atoms with Gasteiger partial charge in [-0.05, 0) is 29.8 Å². The minimum Gasteiger partial charge on any atom is -0.505 e. The molecule has 0 unspecified atom stereocenters. The number of carbonyl (C=O) groups is 2. The molecule has 0 spiro atoms. The maximum Gasteiger partial charge on any atom is 0.412 e. The molecule has 1 aliphatic heterocycles. The van der Waals surface area contributed by atoms with Crippen LogP contribution in [0.4, 0.5) is 14.9 Å². The Hall–Kier alpha value is -3.18. The summed E-state index contributed by atoms with van der Waals surface area (Å²) in [4.78, 5) is 23.9. The van der Waals surface area contributed by atoms with Gasteiger partial charge in [-0.15, -0.1) is 0 Å². The van der Waals surface area contributed by atoms with Crippen LogP contribution in [0.2, 0.25) is 0 Å². The highest BCUT2D eigenvalue weighted by molar-refractivity contribution is 7.81. The SMILES string of the molecule is CO[C@H](CCOC(=O)CS)[C@H](OC(=O)Nc1ccc2c(c1)OCO2)c1ccc(O)c(F)c1. The van der Waals surface area contributed by atoms with E-state index in [1.165, 1.54) is 13.2 Å². The van der Waals surface area contributed by atoms with Gasteiger partial charge in [-0.1, -0.05) is 6.07 Å². The molecule has 0 radical (unpaired) electrons. The minimum atomic E-state index is -1.07. The number of carbonyl (C=O) groups excluding carboxylic acids is 2. The molecule has 1 aliphatic rings. The molecule has 0 bridgehead atoms. The zero-order chi connectivity index (χ0) is 23.1. The summed E-state index contributed by atoms with van der Waals surface area (Å²) in [5.41, 5.74) is 0.639. The summed E-state index contributed by atoms with van der Waals surface area (Å²) < 4.78 is 40.5. The van der Waals surface area contributed by atoms with E-state index in [2.05, 4.69) is 17.9 Å². The summed E-state index contributed by atoms with van der Waals surface area (Å²) in [7, 11) is 1.38. The van der Waals surface area contributed by atoms with Crippen molar-refractivity contribution in [2.45, 2.75) is 18.6 Å². The Morgan fingerprint density at radius 3 is 2.72 bits per heavy atom. The van der Waals surface area contributed by atoms with Crippen LogP contribution < -0.4 is 14.8 Å². The molecule has 2 aromatic carbocycles. The summed E-state index contributed by atoms with van der Waals surface area (Å²) in [5, 5.41) is 12.1. The van der Waals surface area contributed by atoms with Crippen molar-refractivity contribution in [2.75, 3.05) is 31.6 Å². The average Bonchev–Trinajstić information content (AvgIpc) is 3.25. The molecule has 0 fully saturated rings. The fourth-order valence-electron chi connectivity index (χ4n) is 3.02. The summed E-state index contributed by atoms with van der Waals surface area (Å²) in [6.07, 6.45) is -2.54. The summed E-state index contributed by atoms with van der Waals surface area (Å²) in [5.74, 6) is -1.01. The predicted octanol–water partition coefficient (Wildman–Crippen LogP) is 3.43. The monoisotopic (exact) mass is 467 g/mol. The topological polar surface area (TPSA) is 113 Å². The minimum absolute atomic E-state index is 0.0257. The van der Waals surface area contributed by atoms with Crippen LogP contribution in [0.5, 0.6) is 17.2 Å². The van der Waals surface area contributed by atoms with Gasteiger partial charge >= 0.3 is 12.1 Å². The maximum atomic E-state index is 14.0. The highest BCUT2D eigenvalue weighted by Crippen LogP contribution is 2.35. The van der Waals surface area contributed by atoms with E-state index in [4.69, 9.17) is 23.7 Å². The van der Waals surface area contributed by atoms with E-state index >= 15 is 0 Å². The second-order valence-corrected chi connectivity index (χ2v) is 6.99. The molecule has 172 valence electrons. The van der Waals surface area contributed by atoms with Crippen LogP contribution in [0, 0.1) is 5.82 Å². The number of aromatic hydroxyl groups is 1. The molecule has 2 atom stereocenters. The van der Waals surface area contributed by atoms with Gasteiger partial charge in [0.1, 0.15) is 6.10 Å². The van der Waals surface area contributed by atoms with E-state index < -0.39 is 35.8 Å². The molecule has 9 nitrogen and oxygen atoms in total. The van der Waals surface area contributed by atoms with Gasteiger partial charge in [-0.25, -0.2) is 9.18 Å². The number of phenols is 1. The van der Waals surface area contributed by atoms with Gasteiger partial charge in [0, 0.05) is 25.3 Å². The van der Waals surface area contributed by atoms with E-state index in [9.17, 15) is 19.1 Å². The zero-order valence-corrected chi connectivity index (χ0v) is 18.0. The Labute approximate surface area is 188 Å². The highest BCUT2D eigenvalue weighted by Gasteiger charge is 2.29. The Kier molecular flexibility index (Phi) is 8.01. The number of phenolic OH excluding ortho intramolecular Hbond substituents is 1. The van der Waals surface area contributed by atoms with Crippen LogP contribution in [0.25, 0.3) is 0 Å². The molecule has 2 aromatic rings. The van der Waals surface area contributed by atoms with Crippen LogP contribution in [0.3, 0.4) is 0 Å². The molecule has 11 heteroatoms. The van der Waals surface area contributed by atoms with Gasteiger partial charge in [0.2, 0.25) is 6.79 Å². The van der Waals surface area contributed by atoms with Crippen LogP contribution in [-0.4, -0.2) is 49.5 Å². The van der Waals surface area contributed by atoms with Crippen molar-refractivity contribution < 1.29 is 42.8 Å². The van der Waals surface area contributed by atoms with Crippen LogP contribution in [0.1, 0.15) is 18.1 Å². The number of fused-ring (bicyclic) bond motifs is 1. The number of ether oxygens (including phenoxy) is 5. The number of hydrogen-bond acceptors (Lipinski definition) is 9. The van der Waals surface area contributed by atoms with Crippen LogP contribution >= 0.6 is 12.6 Å². The number of halogens is 1. The number of nitrogens with one attached hydrogen (secondary N) is 1. The molecule has 0 saturated heterocycles. The second kappa shape index (κ2) is 10.9. The predicted molar refractivity (Wildman–Crippen MR) is 114 cm³/mol. The van der Waals surface area contributed by atoms with Crippen LogP contribution in [-0.2, 0) is 19.0 Å². The van der Waals surface area contributed by atoms with Crippen molar-refractivity contribution in [1.82, 2.24) is 0 Å². The van der Waals surface area contributed by atoms with Crippen molar-refractivity contribution in [3.63, 3.8) is 0 Å². The number of thiol groups is 1. The first-order valence-corrected chi connectivity index (χ1v) is 10.2. The number of anilines is 1. The lowest BCUT2D eigenvalue weighted by Gasteiger charge is -2.26. The van der Waals surface area contributed by atoms with Gasteiger partial charge in [0.15, 0.2) is 29.2 Å². The quantitative estimate of drug-likeness (QED) is 0.380. The van der Waals surface area contributed by atoms with E-state index in [0.717, 1.165) is 12.1 Å². The standard InChI is InChI=1S/C21H22FNO8S/c1-27-17(6-7-28-19(25)10-32)20(12-2-4-15(24)14(22)8-12)31-21(26)23-13-3-5-16-18(9-13)30-11-29-16/h2-5,8-9,17,20,24,32H,6-7,10-11H2,1H3,(H,23,26)/t17-,20-/m1/s1. The first-order chi connectivity index (χ1) is 15.4. The molecule has 1 amide bonds. The number of hydrogen-bond donors (Lipinski definition) is 3. The lowest BCUT2D eigenvalue weighted by molar-refractivity contribution is -0.141. The van der Waals surface area contributed by atoms with E-state index in [-0.39, 0.29) is 31.1 Å². The van der Waals surface area contributed by atoms with E-state index in [0.29, 0.717) is 17.2 Å². The molecule has 0 saturated carbocycles. The molecular formula is C21H22FNO8S. The highest BCUT2D eigenvalue weighted by atomic mass is 32.1. The zero-order valence-electron chi connectivity index (χ0n) is 17.1. The normalized spacial score (nSPS) is 13.8. The second-order valence-electron chi connectivity index (χ2n) is 6.67. The molecule has 1 heterocycles. The van der Waals surface area contributed by atoms with Gasteiger partial charge < -0.3 is 28.8 Å². The first-order valence-electron chi connectivity index (χ1n) is 9.56. The number of amides is 1. The Bertz CT molecular complexity index is 973. The third kappa shape index (κ3) is 5.95. The molecule has 0 aromatic heterocycles.